The van der Waals surface area contributed by atoms with E-state index in [0.717, 1.165) is 24.9 Å². The number of pyridine rings is 1. The number of hydrogen-bond acceptors (Lipinski definition) is 3. The Kier molecular flexibility index (Phi) is 6.71. The van der Waals surface area contributed by atoms with Crippen LogP contribution in [0.25, 0.3) is 0 Å². The third kappa shape index (κ3) is 5.39. The van der Waals surface area contributed by atoms with Gasteiger partial charge in [0.1, 0.15) is 5.82 Å². The van der Waals surface area contributed by atoms with Crippen molar-refractivity contribution in [1.29, 1.82) is 0 Å². The summed E-state index contributed by atoms with van der Waals surface area (Å²) in [7, 11) is 0. The lowest BCUT2D eigenvalue weighted by atomic mass is 9.89. The van der Waals surface area contributed by atoms with E-state index in [9.17, 15) is 4.39 Å². The van der Waals surface area contributed by atoms with Gasteiger partial charge < -0.3 is 4.90 Å². The second-order valence-electron chi connectivity index (χ2n) is 8.54. The average molecular weight is 382 g/mol. The minimum Gasteiger partial charge on any atom is -0.300 e. The van der Waals surface area contributed by atoms with Gasteiger partial charge in [0.2, 0.25) is 0 Å². The van der Waals surface area contributed by atoms with Gasteiger partial charge in [0.15, 0.2) is 0 Å². The number of aromatic nitrogens is 1. The lowest BCUT2D eigenvalue weighted by Crippen LogP contribution is -2.48. The normalized spacial score (nSPS) is 22.4. The van der Waals surface area contributed by atoms with Crippen molar-refractivity contribution in [2.75, 3.05) is 26.2 Å². The third-order valence-corrected chi connectivity index (χ3v) is 6.51. The van der Waals surface area contributed by atoms with E-state index in [1.54, 1.807) is 12.1 Å². The van der Waals surface area contributed by atoms with Gasteiger partial charge in [-0.2, -0.15) is 0 Å². The van der Waals surface area contributed by atoms with Crippen molar-refractivity contribution in [2.24, 2.45) is 5.92 Å². The van der Waals surface area contributed by atoms with Gasteiger partial charge in [-0.05, 0) is 93.4 Å². The maximum atomic E-state index is 13.1. The number of halogens is 1. The predicted molar refractivity (Wildman–Crippen MR) is 112 cm³/mol. The first kappa shape index (κ1) is 19.5. The summed E-state index contributed by atoms with van der Waals surface area (Å²) in [4.78, 5) is 9.57. The number of aryl methyl sites for hydroxylation is 1. The van der Waals surface area contributed by atoms with Crippen LogP contribution >= 0.6 is 0 Å². The topological polar surface area (TPSA) is 19.4 Å². The Bertz CT molecular complexity index is 710. The molecule has 0 bridgehead atoms. The molecule has 4 heteroatoms. The lowest BCUT2D eigenvalue weighted by Gasteiger charge is -2.42. The van der Waals surface area contributed by atoms with E-state index in [1.165, 1.54) is 69.4 Å². The fourth-order valence-corrected chi connectivity index (χ4v) is 4.88. The third-order valence-electron chi connectivity index (χ3n) is 6.51. The van der Waals surface area contributed by atoms with Crippen LogP contribution in [0.4, 0.5) is 4.39 Å². The van der Waals surface area contributed by atoms with Gasteiger partial charge in [-0.25, -0.2) is 4.39 Å². The average Bonchev–Trinajstić information content (AvgIpc) is 2.75. The SMILES string of the molecule is Fc1ccc(CCC2CCCN(C3CCN(Cc4cccnc4)CC3)C2)cc1. The van der Waals surface area contributed by atoms with Gasteiger partial charge >= 0.3 is 0 Å². The fraction of sp³-hybridized carbons (Fsp3) is 0.542. The molecule has 28 heavy (non-hydrogen) atoms. The molecular formula is C24H32FN3. The van der Waals surface area contributed by atoms with Gasteiger partial charge in [0.05, 0.1) is 0 Å². The molecule has 2 aromatic rings. The smallest absolute Gasteiger partial charge is 0.123 e. The minimum absolute atomic E-state index is 0.137. The van der Waals surface area contributed by atoms with Crippen molar-refractivity contribution in [3.05, 3.63) is 65.7 Å². The quantitative estimate of drug-likeness (QED) is 0.733. The summed E-state index contributed by atoms with van der Waals surface area (Å²) < 4.78 is 13.1. The van der Waals surface area contributed by atoms with Crippen LogP contribution < -0.4 is 0 Å². The summed E-state index contributed by atoms with van der Waals surface area (Å²) in [6, 6.07) is 12.0. The maximum absolute atomic E-state index is 13.1. The summed E-state index contributed by atoms with van der Waals surface area (Å²) in [5.41, 5.74) is 2.59. The Balaban J connectivity index is 1.22. The van der Waals surface area contributed by atoms with Crippen LogP contribution in [-0.4, -0.2) is 47.0 Å². The number of rotatable bonds is 6. The molecule has 2 aliphatic heterocycles. The van der Waals surface area contributed by atoms with Crippen LogP contribution in [-0.2, 0) is 13.0 Å². The molecule has 1 aromatic carbocycles. The number of piperidine rings is 2. The molecule has 0 N–H and O–H groups in total. The number of nitrogens with zero attached hydrogens (tertiary/aromatic N) is 3. The molecule has 0 radical (unpaired) electrons. The Morgan fingerprint density at radius 1 is 0.964 bits per heavy atom. The Morgan fingerprint density at radius 2 is 1.79 bits per heavy atom. The second-order valence-corrected chi connectivity index (χ2v) is 8.54. The summed E-state index contributed by atoms with van der Waals surface area (Å²) >= 11 is 0. The van der Waals surface area contributed by atoms with E-state index in [2.05, 4.69) is 20.9 Å². The summed E-state index contributed by atoms with van der Waals surface area (Å²) in [5, 5.41) is 0. The van der Waals surface area contributed by atoms with E-state index in [1.807, 2.05) is 30.6 Å². The van der Waals surface area contributed by atoms with E-state index < -0.39 is 0 Å². The highest BCUT2D eigenvalue weighted by Gasteiger charge is 2.28. The van der Waals surface area contributed by atoms with Crippen molar-refractivity contribution in [3.8, 4) is 0 Å². The molecule has 4 rings (SSSR count). The van der Waals surface area contributed by atoms with Gasteiger partial charge in [-0.15, -0.1) is 0 Å². The number of benzene rings is 1. The summed E-state index contributed by atoms with van der Waals surface area (Å²) in [5.74, 6) is 0.648. The highest BCUT2D eigenvalue weighted by Crippen LogP contribution is 2.27. The number of likely N-dealkylation sites (tertiary alicyclic amines) is 2. The Labute approximate surface area is 168 Å². The highest BCUT2D eigenvalue weighted by molar-refractivity contribution is 5.16. The molecule has 3 heterocycles. The molecule has 0 aliphatic carbocycles. The lowest BCUT2D eigenvalue weighted by molar-refractivity contribution is 0.0674. The van der Waals surface area contributed by atoms with Crippen LogP contribution in [0.1, 0.15) is 43.2 Å². The van der Waals surface area contributed by atoms with Crippen LogP contribution in [0.5, 0.6) is 0 Å². The zero-order chi connectivity index (χ0) is 19.2. The van der Waals surface area contributed by atoms with E-state index >= 15 is 0 Å². The Morgan fingerprint density at radius 3 is 2.54 bits per heavy atom. The first-order chi connectivity index (χ1) is 13.8. The molecule has 0 saturated carbocycles. The zero-order valence-electron chi connectivity index (χ0n) is 16.8. The zero-order valence-corrected chi connectivity index (χ0v) is 16.8. The molecule has 150 valence electrons. The van der Waals surface area contributed by atoms with Gasteiger partial charge in [-0.3, -0.25) is 9.88 Å². The predicted octanol–water partition coefficient (Wildman–Crippen LogP) is 4.53. The van der Waals surface area contributed by atoms with Crippen LogP contribution in [0.2, 0.25) is 0 Å². The van der Waals surface area contributed by atoms with Crippen molar-refractivity contribution in [1.82, 2.24) is 14.8 Å². The molecular weight excluding hydrogens is 349 g/mol. The number of hydrogen-bond donors (Lipinski definition) is 0. The van der Waals surface area contributed by atoms with Gasteiger partial charge in [0.25, 0.3) is 0 Å². The highest BCUT2D eigenvalue weighted by atomic mass is 19.1. The first-order valence-electron chi connectivity index (χ1n) is 10.9. The molecule has 1 aromatic heterocycles. The fourth-order valence-electron chi connectivity index (χ4n) is 4.88. The van der Waals surface area contributed by atoms with E-state index in [-0.39, 0.29) is 5.82 Å². The summed E-state index contributed by atoms with van der Waals surface area (Å²) in [6.45, 7) is 5.92. The van der Waals surface area contributed by atoms with Gasteiger partial charge in [-0.1, -0.05) is 18.2 Å². The molecule has 3 nitrogen and oxygen atoms in total. The first-order valence-corrected chi connectivity index (χ1v) is 10.9. The second kappa shape index (κ2) is 9.62. The molecule has 1 unspecified atom stereocenters. The van der Waals surface area contributed by atoms with Gasteiger partial charge in [0, 0.05) is 31.5 Å². The van der Waals surface area contributed by atoms with Crippen molar-refractivity contribution < 1.29 is 4.39 Å². The van der Waals surface area contributed by atoms with E-state index in [0.29, 0.717) is 0 Å². The molecule has 2 aliphatic rings. The maximum Gasteiger partial charge on any atom is 0.123 e. The van der Waals surface area contributed by atoms with Crippen molar-refractivity contribution in [3.63, 3.8) is 0 Å². The molecule has 0 amide bonds. The molecule has 1 atom stereocenters. The van der Waals surface area contributed by atoms with Crippen LogP contribution in [0, 0.1) is 11.7 Å². The minimum atomic E-state index is -0.137. The molecule has 2 fully saturated rings. The molecule has 2 saturated heterocycles. The van der Waals surface area contributed by atoms with Crippen molar-refractivity contribution in [2.45, 2.75) is 51.1 Å². The van der Waals surface area contributed by atoms with E-state index in [4.69, 9.17) is 0 Å². The molecule has 0 spiro atoms. The standard InChI is InChI=1S/C24H32FN3/c25-23-9-7-20(8-10-23)5-6-21-4-2-14-28(19-21)24-11-15-27(16-12-24)18-22-3-1-13-26-17-22/h1,3,7-10,13,17,21,24H,2,4-6,11-12,14-16,18-19H2. The Hall–Kier alpha value is -1.78. The van der Waals surface area contributed by atoms with Crippen LogP contribution in [0.3, 0.4) is 0 Å². The van der Waals surface area contributed by atoms with Crippen molar-refractivity contribution >= 4 is 0 Å². The largest absolute Gasteiger partial charge is 0.300 e. The summed E-state index contributed by atoms with van der Waals surface area (Å²) in [6.07, 6.45) is 11.4. The van der Waals surface area contributed by atoms with Crippen LogP contribution in [0.15, 0.2) is 48.8 Å². The monoisotopic (exact) mass is 381 g/mol.